The molecule has 0 aliphatic rings. The number of nitrogens with two attached hydrogens (primary N) is 1. The number of nitrogens with one attached hydrogen (secondary N) is 1. The van der Waals surface area contributed by atoms with Crippen molar-refractivity contribution in [1.82, 2.24) is 0 Å². The van der Waals surface area contributed by atoms with Crippen molar-refractivity contribution in [2.45, 2.75) is 13.3 Å². The van der Waals surface area contributed by atoms with Gasteiger partial charge in [0.25, 0.3) is 0 Å². The molecule has 1 heterocycles. The number of rotatable bonds is 5. The Balaban J connectivity index is 2.08. The van der Waals surface area contributed by atoms with Crippen molar-refractivity contribution >= 4 is 28.7 Å². The van der Waals surface area contributed by atoms with Crippen LogP contribution < -0.4 is 11.1 Å². The molecule has 0 fully saturated rings. The lowest BCUT2D eigenvalue weighted by Gasteiger charge is -2.12. The van der Waals surface area contributed by atoms with E-state index in [-0.39, 0.29) is 0 Å². The van der Waals surface area contributed by atoms with Gasteiger partial charge in [-0.05, 0) is 53.4 Å². The molecule has 2 rings (SSSR count). The van der Waals surface area contributed by atoms with E-state index in [1.165, 1.54) is 12.7 Å². The van der Waals surface area contributed by atoms with Gasteiger partial charge < -0.3 is 15.8 Å². The molecule has 4 nitrogen and oxygen atoms in total. The molecule has 1 aromatic heterocycles. The molecular formula is C15H18N2O2S. The average Bonchev–Trinajstić information content (AvgIpc) is 2.95. The molecule has 0 bridgehead atoms. The number of methoxy groups -OCH3 is 1. The van der Waals surface area contributed by atoms with Gasteiger partial charge in [-0.2, -0.15) is 11.3 Å². The fraction of sp³-hybridized carbons (Fsp3) is 0.267. The van der Waals surface area contributed by atoms with Crippen LogP contribution in [0.25, 0.3) is 0 Å². The molecular weight excluding hydrogens is 272 g/mol. The van der Waals surface area contributed by atoms with Gasteiger partial charge in [0.05, 0.1) is 12.7 Å². The lowest BCUT2D eigenvalue weighted by Crippen LogP contribution is -2.10. The molecule has 0 radical (unpaired) electrons. The summed E-state index contributed by atoms with van der Waals surface area (Å²) < 4.78 is 4.75. The third-order valence-electron chi connectivity index (χ3n) is 3.12. The monoisotopic (exact) mass is 290 g/mol. The number of esters is 1. The van der Waals surface area contributed by atoms with E-state index in [9.17, 15) is 4.79 Å². The van der Waals surface area contributed by atoms with Crippen molar-refractivity contribution in [2.75, 3.05) is 24.7 Å². The second-order valence-electron chi connectivity index (χ2n) is 4.55. The van der Waals surface area contributed by atoms with Crippen LogP contribution in [0, 0.1) is 6.92 Å². The number of hydrogen-bond acceptors (Lipinski definition) is 5. The molecule has 20 heavy (non-hydrogen) atoms. The van der Waals surface area contributed by atoms with Crippen LogP contribution in [0.2, 0.25) is 0 Å². The average molecular weight is 290 g/mol. The number of aryl methyl sites for hydroxylation is 1. The summed E-state index contributed by atoms with van der Waals surface area (Å²) in [5.74, 6) is -0.410. The van der Waals surface area contributed by atoms with E-state index in [2.05, 4.69) is 22.1 Å². The van der Waals surface area contributed by atoms with Crippen LogP contribution in [0.3, 0.4) is 0 Å². The quantitative estimate of drug-likeness (QED) is 0.656. The van der Waals surface area contributed by atoms with Gasteiger partial charge >= 0.3 is 5.97 Å². The van der Waals surface area contributed by atoms with Crippen molar-refractivity contribution in [1.29, 1.82) is 0 Å². The third kappa shape index (κ3) is 3.30. The van der Waals surface area contributed by atoms with Crippen LogP contribution in [0.5, 0.6) is 0 Å². The highest BCUT2D eigenvalue weighted by Gasteiger charge is 2.13. The van der Waals surface area contributed by atoms with Crippen molar-refractivity contribution in [3.8, 4) is 0 Å². The predicted octanol–water partition coefficient (Wildman–Crippen LogP) is 3.08. The zero-order chi connectivity index (χ0) is 14.5. The number of nitrogen functional groups attached to an aromatic ring is 1. The fourth-order valence-electron chi connectivity index (χ4n) is 1.97. The van der Waals surface area contributed by atoms with Crippen LogP contribution in [0.4, 0.5) is 11.4 Å². The number of thiophene rings is 1. The highest BCUT2D eigenvalue weighted by atomic mass is 32.1. The summed E-state index contributed by atoms with van der Waals surface area (Å²) in [6.45, 7) is 2.69. The van der Waals surface area contributed by atoms with Crippen LogP contribution in [0.1, 0.15) is 21.5 Å². The first-order valence-electron chi connectivity index (χ1n) is 6.35. The summed E-state index contributed by atoms with van der Waals surface area (Å²) in [5.41, 5.74) is 9.84. The van der Waals surface area contributed by atoms with Crippen LogP contribution in [-0.2, 0) is 11.2 Å². The van der Waals surface area contributed by atoms with E-state index in [0.717, 1.165) is 24.2 Å². The van der Waals surface area contributed by atoms with Crippen LogP contribution in [-0.4, -0.2) is 19.6 Å². The summed E-state index contributed by atoms with van der Waals surface area (Å²) in [7, 11) is 1.35. The minimum Gasteiger partial charge on any atom is -0.465 e. The largest absolute Gasteiger partial charge is 0.465 e. The summed E-state index contributed by atoms with van der Waals surface area (Å²) in [5, 5.41) is 7.51. The maximum Gasteiger partial charge on any atom is 0.340 e. The molecule has 0 aliphatic heterocycles. The number of anilines is 2. The molecule has 1 aromatic carbocycles. The normalized spacial score (nSPS) is 10.3. The maximum absolute atomic E-state index is 11.7. The van der Waals surface area contributed by atoms with Gasteiger partial charge in [0.15, 0.2) is 0 Å². The number of benzene rings is 1. The summed E-state index contributed by atoms with van der Waals surface area (Å²) >= 11 is 1.69. The predicted molar refractivity (Wildman–Crippen MR) is 83.4 cm³/mol. The smallest absolute Gasteiger partial charge is 0.340 e. The van der Waals surface area contributed by atoms with Gasteiger partial charge in [0.1, 0.15) is 0 Å². The van der Waals surface area contributed by atoms with Crippen LogP contribution in [0.15, 0.2) is 29.0 Å². The Labute approximate surface area is 122 Å². The summed E-state index contributed by atoms with van der Waals surface area (Å²) in [6, 6.07) is 5.79. The second-order valence-corrected chi connectivity index (χ2v) is 5.33. The first-order valence-corrected chi connectivity index (χ1v) is 7.29. The first kappa shape index (κ1) is 14.4. The minimum atomic E-state index is -0.410. The lowest BCUT2D eigenvalue weighted by atomic mass is 10.1. The highest BCUT2D eigenvalue weighted by molar-refractivity contribution is 7.07. The Bertz CT molecular complexity index is 594. The van der Waals surface area contributed by atoms with E-state index >= 15 is 0 Å². The molecule has 0 saturated heterocycles. The van der Waals surface area contributed by atoms with Crippen molar-refractivity contribution < 1.29 is 9.53 Å². The first-order chi connectivity index (χ1) is 9.61. The lowest BCUT2D eigenvalue weighted by molar-refractivity contribution is 0.0602. The van der Waals surface area contributed by atoms with Gasteiger partial charge in [-0.3, -0.25) is 0 Å². The molecule has 3 N–H and O–H groups in total. The van der Waals surface area contributed by atoms with Crippen molar-refractivity contribution in [3.63, 3.8) is 0 Å². The van der Waals surface area contributed by atoms with Crippen molar-refractivity contribution in [2.24, 2.45) is 0 Å². The van der Waals surface area contributed by atoms with E-state index in [0.29, 0.717) is 11.3 Å². The molecule has 0 amide bonds. The molecule has 2 aromatic rings. The number of ether oxygens (including phenoxy) is 1. The maximum atomic E-state index is 11.7. The Hall–Kier alpha value is -2.01. The number of carbonyl (C=O) groups excluding carboxylic acids is 1. The van der Waals surface area contributed by atoms with Gasteiger partial charge in [-0.15, -0.1) is 0 Å². The molecule has 0 spiro atoms. The molecule has 0 atom stereocenters. The zero-order valence-electron chi connectivity index (χ0n) is 11.6. The summed E-state index contributed by atoms with van der Waals surface area (Å²) in [4.78, 5) is 11.7. The Morgan fingerprint density at radius 1 is 1.45 bits per heavy atom. The molecule has 0 saturated carbocycles. The van der Waals surface area contributed by atoms with E-state index in [1.54, 1.807) is 17.4 Å². The summed E-state index contributed by atoms with van der Waals surface area (Å²) in [6.07, 6.45) is 0.945. The standard InChI is InChI=1S/C15H18N2O2S/c1-10-7-12(8-13(14(10)16)15(18)19-2)17-5-3-11-4-6-20-9-11/h4,6-9,17H,3,5,16H2,1-2H3. The molecule has 0 unspecified atom stereocenters. The number of carbonyl (C=O) groups is 1. The molecule has 5 heteroatoms. The van der Waals surface area contributed by atoms with Gasteiger partial charge in [-0.1, -0.05) is 0 Å². The second kappa shape index (κ2) is 6.43. The van der Waals surface area contributed by atoms with Crippen molar-refractivity contribution in [3.05, 3.63) is 45.6 Å². The Morgan fingerprint density at radius 3 is 2.90 bits per heavy atom. The van der Waals surface area contributed by atoms with Crippen LogP contribution >= 0.6 is 11.3 Å². The Morgan fingerprint density at radius 2 is 2.25 bits per heavy atom. The van der Waals surface area contributed by atoms with Gasteiger partial charge in [0, 0.05) is 17.9 Å². The van der Waals surface area contributed by atoms with E-state index < -0.39 is 5.97 Å². The third-order valence-corrected chi connectivity index (χ3v) is 3.85. The molecule has 106 valence electrons. The minimum absolute atomic E-state index is 0.408. The SMILES string of the molecule is COC(=O)c1cc(NCCc2ccsc2)cc(C)c1N. The Kier molecular flexibility index (Phi) is 4.63. The molecule has 0 aliphatic carbocycles. The van der Waals surface area contributed by atoms with E-state index in [4.69, 9.17) is 10.5 Å². The highest BCUT2D eigenvalue weighted by Crippen LogP contribution is 2.23. The number of hydrogen-bond donors (Lipinski definition) is 2. The zero-order valence-corrected chi connectivity index (χ0v) is 12.4. The van der Waals surface area contributed by atoms with E-state index in [1.807, 2.05) is 13.0 Å². The topological polar surface area (TPSA) is 64.3 Å². The fourth-order valence-corrected chi connectivity index (χ4v) is 2.67. The van der Waals surface area contributed by atoms with Gasteiger partial charge in [0.2, 0.25) is 0 Å². The van der Waals surface area contributed by atoms with Gasteiger partial charge in [-0.25, -0.2) is 4.79 Å².